The summed E-state index contributed by atoms with van der Waals surface area (Å²) >= 11 is 2.35. The normalized spacial score (nSPS) is 29.8. The van der Waals surface area contributed by atoms with Gasteiger partial charge in [0.2, 0.25) is 0 Å². The van der Waals surface area contributed by atoms with E-state index in [4.69, 9.17) is 30.0 Å². The number of rotatable bonds is 14. The van der Waals surface area contributed by atoms with E-state index in [1.54, 1.807) is 12.5 Å². The smallest absolute Gasteiger partial charge is 0.387 e. The number of ether oxygens (including phenoxy) is 2. The summed E-state index contributed by atoms with van der Waals surface area (Å²) in [5, 5.41) is 43.0. The summed E-state index contributed by atoms with van der Waals surface area (Å²) in [7, 11) is -16.1. The number of fused-ring (bicyclic) bond motifs is 2. The molecule has 30 heteroatoms. The fourth-order valence-electron chi connectivity index (χ4n) is 5.42. The van der Waals surface area contributed by atoms with Crippen LogP contribution in [0.15, 0.2) is 23.0 Å². The van der Waals surface area contributed by atoms with Gasteiger partial charge in [0.1, 0.15) is 47.7 Å². The van der Waals surface area contributed by atoms with E-state index in [1.807, 2.05) is 0 Å². The molecule has 0 amide bonds. The zero-order valence-corrected chi connectivity index (χ0v) is 31.5. The highest BCUT2D eigenvalue weighted by Gasteiger charge is 2.48. The molecule has 2 fully saturated rings. The maximum absolute atomic E-state index is 12.8. The van der Waals surface area contributed by atoms with Gasteiger partial charge < -0.3 is 60.6 Å². The number of aliphatic hydroxyl groups excluding tert-OH is 4. The lowest BCUT2D eigenvalue weighted by Gasteiger charge is -2.21. The van der Waals surface area contributed by atoms with Crippen molar-refractivity contribution in [2.75, 3.05) is 43.1 Å². The molecule has 0 aliphatic carbocycles. The molecule has 4 aromatic rings. The number of phosphoric ester groups is 1. The third-order valence-electron chi connectivity index (χ3n) is 7.87. The quantitative estimate of drug-likeness (QED) is 0.0417. The first-order chi connectivity index (χ1) is 24.8. The largest absolute Gasteiger partial charge is 0.479 e. The molecule has 11 atom stereocenters. The molecule has 4 aromatic heterocycles. The van der Waals surface area contributed by atoms with Gasteiger partial charge in [-0.2, -0.15) is 0 Å². The van der Waals surface area contributed by atoms with Crippen molar-refractivity contribution in [2.24, 2.45) is 0 Å². The molecular weight excluding hydrogens is 813 g/mol. The summed E-state index contributed by atoms with van der Waals surface area (Å²) < 4.78 is 65.7. The number of thioether (sulfide) groups is 2. The van der Waals surface area contributed by atoms with Gasteiger partial charge in [0, 0.05) is 0 Å². The van der Waals surface area contributed by atoms with E-state index < -0.39 is 91.2 Å². The second kappa shape index (κ2) is 15.3. The van der Waals surface area contributed by atoms with Crippen LogP contribution in [0.1, 0.15) is 12.5 Å². The van der Waals surface area contributed by atoms with Crippen molar-refractivity contribution in [1.29, 1.82) is 0 Å². The van der Waals surface area contributed by atoms with Gasteiger partial charge in [-0.15, -0.1) is 0 Å². The Morgan fingerprint density at radius 1 is 0.717 bits per heavy atom. The predicted molar refractivity (Wildman–Crippen MR) is 182 cm³/mol. The number of nitrogens with two attached hydrogens (primary N) is 2. The van der Waals surface area contributed by atoms with Crippen LogP contribution in [0.3, 0.4) is 0 Å². The van der Waals surface area contributed by atoms with Crippen LogP contribution in [0, 0.1) is 0 Å². The van der Waals surface area contributed by atoms with Crippen molar-refractivity contribution in [3.05, 3.63) is 12.7 Å². The maximum atomic E-state index is 12.8. The Bertz CT molecular complexity index is 2000. The standard InChI is InChI=1S/C23H33N10O15P3S2/c1-52-22-28-16(24)10-18(30-22)32(5-26-10)20-14(36)12(34)8(46-20)3-44-49(38,39)7-50(40,41)48-51(42,43)45-4-9-13(35)15(37)21(47-9)33-6-27-11-17(25)29-23(53-2)31-19(11)33/h5-6,8-9,12-15,20-21,34-37H,3-4,7H2,1-2H3,(H,38,39)(H,40,41)(H,42,43)(H2,24,28,30)(H2,25,29,31)/t8-,9-,12-,13-,14-,15-,20-,21-/m0/s1. The summed E-state index contributed by atoms with van der Waals surface area (Å²) in [6, 6.07) is 0. The Labute approximate surface area is 305 Å². The van der Waals surface area contributed by atoms with Crippen molar-refractivity contribution >= 4 is 80.5 Å². The van der Waals surface area contributed by atoms with Crippen molar-refractivity contribution < 1.29 is 71.6 Å². The van der Waals surface area contributed by atoms with Gasteiger partial charge in [-0.3, -0.25) is 22.8 Å². The second-order valence-electron chi connectivity index (χ2n) is 11.5. The van der Waals surface area contributed by atoms with Gasteiger partial charge in [0.05, 0.1) is 25.9 Å². The molecule has 25 nitrogen and oxygen atoms in total. The fourth-order valence-corrected chi connectivity index (χ4v) is 11.2. The van der Waals surface area contributed by atoms with Crippen LogP contribution in [0.25, 0.3) is 22.3 Å². The van der Waals surface area contributed by atoms with Gasteiger partial charge in [-0.1, -0.05) is 23.5 Å². The Kier molecular flexibility index (Phi) is 11.6. The number of nitrogens with zero attached hydrogens (tertiary/aromatic N) is 8. The van der Waals surface area contributed by atoms with Crippen molar-refractivity contribution in [3.63, 3.8) is 0 Å². The van der Waals surface area contributed by atoms with E-state index >= 15 is 0 Å². The Balaban J connectivity index is 1.04. The van der Waals surface area contributed by atoms with Gasteiger partial charge in [0.25, 0.3) is 0 Å². The highest BCUT2D eigenvalue weighted by molar-refractivity contribution is 7.98. The predicted octanol–water partition coefficient (Wildman–Crippen LogP) is -1.01. The maximum Gasteiger partial charge on any atom is 0.479 e. The molecule has 2 aliphatic heterocycles. The first-order valence-electron chi connectivity index (χ1n) is 14.9. The van der Waals surface area contributed by atoms with Crippen LogP contribution >= 0.6 is 46.5 Å². The lowest BCUT2D eigenvalue weighted by atomic mass is 10.1. The van der Waals surface area contributed by atoms with Gasteiger partial charge in [-0.25, -0.2) is 38.8 Å². The monoisotopic (exact) mass is 846 g/mol. The lowest BCUT2D eigenvalue weighted by Crippen LogP contribution is -2.33. The van der Waals surface area contributed by atoms with Crippen LogP contribution in [-0.2, 0) is 36.5 Å². The zero-order valence-electron chi connectivity index (χ0n) is 27.2. The molecule has 0 bridgehead atoms. The van der Waals surface area contributed by atoms with Crippen LogP contribution in [0.4, 0.5) is 11.6 Å². The Hall–Kier alpha value is -2.39. The molecule has 6 rings (SSSR count). The minimum absolute atomic E-state index is 0.0407. The molecule has 0 radical (unpaired) electrons. The number of aliphatic hydroxyl groups is 4. The van der Waals surface area contributed by atoms with Gasteiger partial charge >= 0.3 is 23.0 Å². The fraction of sp³-hybridized carbons (Fsp3) is 0.565. The minimum Gasteiger partial charge on any atom is -0.387 e. The third kappa shape index (κ3) is 8.41. The number of hydrogen-bond donors (Lipinski definition) is 9. The lowest BCUT2D eigenvalue weighted by molar-refractivity contribution is -0.0502. The number of aromatic nitrogens is 8. The van der Waals surface area contributed by atoms with Crippen molar-refractivity contribution in [3.8, 4) is 0 Å². The topological polar surface area (TPSA) is 378 Å². The van der Waals surface area contributed by atoms with E-state index in [2.05, 4.69) is 34.2 Å². The SMILES string of the molecule is CSc1nc(N)c2ncn([C@H]3O[C@@H](COP(=O)(O)CP(=O)(O)OP(=O)(O)OC[C@@H]4O[C@H](n5cnc6c(N)nc(SC)nc65)[C@@H](O)[C@H]4O)[C@H](O)[C@@H]3O)c2n1. The van der Waals surface area contributed by atoms with E-state index in [1.165, 1.54) is 45.3 Å². The molecular formula is C23H33N10O15P3S2. The highest BCUT2D eigenvalue weighted by Crippen LogP contribution is 2.66. The number of phosphoric acid groups is 1. The van der Waals surface area contributed by atoms with E-state index in [0.29, 0.717) is 0 Å². The molecule has 11 N–H and O–H groups in total. The van der Waals surface area contributed by atoms with Gasteiger partial charge in [-0.05, 0) is 12.5 Å². The molecule has 0 spiro atoms. The Morgan fingerprint density at radius 3 is 1.58 bits per heavy atom. The molecule has 0 aromatic carbocycles. The van der Waals surface area contributed by atoms with E-state index in [0.717, 1.165) is 0 Å². The molecule has 6 heterocycles. The zero-order chi connectivity index (χ0) is 38.6. The van der Waals surface area contributed by atoms with Crippen LogP contribution in [-0.4, -0.2) is 142 Å². The average molecular weight is 847 g/mol. The summed E-state index contributed by atoms with van der Waals surface area (Å²) in [4.78, 5) is 55.6. The van der Waals surface area contributed by atoms with Gasteiger partial charge in [0.15, 0.2) is 51.6 Å². The highest BCUT2D eigenvalue weighted by atomic mass is 32.2. The molecule has 2 saturated heterocycles. The molecule has 53 heavy (non-hydrogen) atoms. The molecule has 2 aliphatic rings. The number of nitrogen functional groups attached to an aromatic ring is 2. The van der Waals surface area contributed by atoms with Crippen LogP contribution in [0.2, 0.25) is 0 Å². The van der Waals surface area contributed by atoms with E-state index in [9.17, 15) is 48.8 Å². The molecule has 0 saturated carbocycles. The van der Waals surface area contributed by atoms with Crippen LogP contribution < -0.4 is 11.5 Å². The van der Waals surface area contributed by atoms with Crippen molar-refractivity contribution in [1.82, 2.24) is 39.0 Å². The second-order valence-corrected chi connectivity index (χ2v) is 18.8. The first kappa shape index (κ1) is 40.3. The Morgan fingerprint density at radius 2 is 1.15 bits per heavy atom. The van der Waals surface area contributed by atoms with E-state index in [-0.39, 0.29) is 44.3 Å². The summed E-state index contributed by atoms with van der Waals surface area (Å²) in [5.41, 5.74) is 12.5. The third-order valence-corrected chi connectivity index (χ3v) is 14.7. The summed E-state index contributed by atoms with van der Waals surface area (Å²) in [5.74, 6) is -1.63. The number of imidazole rings is 2. The summed E-state index contributed by atoms with van der Waals surface area (Å²) in [6.07, 6.45) is -6.48. The van der Waals surface area contributed by atoms with Crippen molar-refractivity contribution in [2.45, 2.75) is 59.4 Å². The van der Waals surface area contributed by atoms with Crippen LogP contribution in [0.5, 0.6) is 0 Å². The average Bonchev–Trinajstić information content (AvgIpc) is 3.83. The number of hydrogen-bond acceptors (Lipinski definition) is 22. The molecule has 292 valence electrons. The first-order valence-corrected chi connectivity index (χ1v) is 22.4. The minimum atomic E-state index is -5.52. The summed E-state index contributed by atoms with van der Waals surface area (Å²) in [6.45, 7) is -1.88. The molecule has 3 unspecified atom stereocenters. The number of anilines is 2.